The zero-order chi connectivity index (χ0) is 18.3. The van der Waals surface area contributed by atoms with Gasteiger partial charge in [-0.3, -0.25) is 4.79 Å². The van der Waals surface area contributed by atoms with Crippen LogP contribution in [0.5, 0.6) is 11.5 Å². The normalized spacial score (nSPS) is 15.2. The summed E-state index contributed by atoms with van der Waals surface area (Å²) in [5, 5.41) is 4.25. The van der Waals surface area contributed by atoms with Crippen molar-refractivity contribution in [3.8, 4) is 11.5 Å². The van der Waals surface area contributed by atoms with Crippen molar-refractivity contribution in [3.63, 3.8) is 0 Å². The Hall–Kier alpha value is -2.02. The maximum Gasteiger partial charge on any atom is 0.241 e. The molecule has 1 amide bonds. The summed E-state index contributed by atoms with van der Waals surface area (Å²) in [5.74, 6) is 1.20. The van der Waals surface area contributed by atoms with Gasteiger partial charge in [-0.15, -0.1) is 0 Å². The number of nitrogens with one attached hydrogen (secondary N) is 1. The molecule has 0 atom stereocenters. The summed E-state index contributed by atoms with van der Waals surface area (Å²) in [5.41, 5.74) is 4.21. The fourth-order valence-corrected chi connectivity index (χ4v) is 2.52. The smallest absolute Gasteiger partial charge is 0.241 e. The summed E-state index contributed by atoms with van der Waals surface area (Å²) >= 11 is 4.35. The molecular weight excluding hydrogens is 340 g/mol. The minimum Gasteiger partial charge on any atom is -0.493 e. The number of benzene rings is 1. The van der Waals surface area contributed by atoms with Crippen LogP contribution in [0, 0.1) is 0 Å². The number of ether oxygens (including phenoxy) is 2. The average Bonchev–Trinajstić information content (AvgIpc) is 2.55. The third-order valence-electron chi connectivity index (χ3n) is 3.50. The van der Waals surface area contributed by atoms with Crippen LogP contribution in [0.4, 0.5) is 0 Å². The van der Waals surface area contributed by atoms with Crippen LogP contribution < -0.4 is 14.9 Å². The summed E-state index contributed by atoms with van der Waals surface area (Å²) in [7, 11) is 0. The van der Waals surface area contributed by atoms with Crippen molar-refractivity contribution in [3.05, 3.63) is 23.8 Å². The summed E-state index contributed by atoms with van der Waals surface area (Å²) in [6.45, 7) is 4.73. The van der Waals surface area contributed by atoms with Gasteiger partial charge in [0.05, 0.1) is 18.9 Å². The van der Waals surface area contributed by atoms with Gasteiger partial charge in [-0.25, -0.2) is 5.43 Å². The molecule has 0 aromatic heterocycles. The average molecular weight is 364 g/mol. The number of carbonyl (C=O) groups excluding carboxylic acids is 2. The summed E-state index contributed by atoms with van der Waals surface area (Å²) in [6.07, 6.45) is 2.95. The second-order valence-electron chi connectivity index (χ2n) is 6.50. The number of fused-ring (bicyclic) bond motifs is 1. The first kappa shape index (κ1) is 19.3. The second-order valence-corrected chi connectivity index (χ2v) is 7.71. The lowest BCUT2D eigenvalue weighted by Crippen LogP contribution is -2.28. The van der Waals surface area contributed by atoms with E-state index in [1.165, 1.54) is 0 Å². The van der Waals surface area contributed by atoms with E-state index in [1.807, 2.05) is 32.0 Å². The van der Waals surface area contributed by atoms with Gasteiger partial charge >= 0.3 is 0 Å². The van der Waals surface area contributed by atoms with Crippen LogP contribution >= 0.6 is 12.6 Å². The van der Waals surface area contributed by atoms with Gasteiger partial charge in [-0.05, 0) is 18.6 Å². The maximum absolute atomic E-state index is 11.9. The Labute approximate surface area is 153 Å². The van der Waals surface area contributed by atoms with E-state index in [2.05, 4.69) is 23.2 Å². The van der Waals surface area contributed by atoms with E-state index in [1.54, 1.807) is 0 Å². The molecule has 1 aromatic carbocycles. The van der Waals surface area contributed by atoms with Crippen LogP contribution in [0.15, 0.2) is 23.3 Å². The third-order valence-corrected chi connectivity index (χ3v) is 3.66. The standard InChI is InChI=1S/C18H24N2O4S/c1-18(2,25)12-17(22)20-19-15-7-10-24-16-11-13(5-6-14(15)16)23-9-4-3-8-21/h5-6,8,11,25H,3-4,7,9-10,12H2,1-2H3,(H,20,22)/b19-15+. The lowest BCUT2D eigenvalue weighted by atomic mass is 10.0. The van der Waals surface area contributed by atoms with Crippen LogP contribution in [-0.2, 0) is 9.59 Å². The van der Waals surface area contributed by atoms with Gasteiger partial charge in [-0.2, -0.15) is 17.7 Å². The van der Waals surface area contributed by atoms with Crippen LogP contribution in [0.3, 0.4) is 0 Å². The second kappa shape index (κ2) is 8.89. The number of rotatable bonds is 8. The molecule has 0 unspecified atom stereocenters. The molecular formula is C18H24N2O4S. The molecule has 6 nitrogen and oxygen atoms in total. The highest BCUT2D eigenvalue weighted by Gasteiger charge is 2.20. The van der Waals surface area contributed by atoms with Gasteiger partial charge in [-0.1, -0.05) is 13.8 Å². The maximum atomic E-state index is 11.9. The van der Waals surface area contributed by atoms with Crippen molar-refractivity contribution in [1.29, 1.82) is 0 Å². The third kappa shape index (κ3) is 6.42. The number of amides is 1. The first-order valence-corrected chi connectivity index (χ1v) is 8.75. The van der Waals surface area contributed by atoms with Crippen LogP contribution in [0.1, 0.15) is 45.1 Å². The fourth-order valence-electron chi connectivity index (χ4n) is 2.38. The lowest BCUT2D eigenvalue weighted by molar-refractivity contribution is -0.121. The van der Waals surface area contributed by atoms with Gasteiger partial charge in [0.15, 0.2) is 0 Å². The topological polar surface area (TPSA) is 77.0 Å². The Balaban J connectivity index is 2.02. The summed E-state index contributed by atoms with van der Waals surface area (Å²) in [6, 6.07) is 5.52. The number of nitrogens with zero attached hydrogens (tertiary/aromatic N) is 1. The number of hydrazone groups is 1. The Morgan fingerprint density at radius 3 is 3.00 bits per heavy atom. The monoisotopic (exact) mass is 364 g/mol. The van der Waals surface area contributed by atoms with Gasteiger partial charge in [0.2, 0.25) is 5.91 Å². The number of hydrogen-bond donors (Lipinski definition) is 2. The van der Waals surface area contributed by atoms with E-state index in [0.29, 0.717) is 44.0 Å². The summed E-state index contributed by atoms with van der Waals surface area (Å²) < 4.78 is 10.9. The van der Waals surface area contributed by atoms with Crippen LogP contribution in [-0.4, -0.2) is 35.9 Å². The quantitative estimate of drug-likeness (QED) is 0.322. The molecule has 0 spiro atoms. The van der Waals surface area contributed by atoms with E-state index in [0.717, 1.165) is 17.6 Å². The number of hydrogen-bond acceptors (Lipinski definition) is 6. The number of aldehydes is 1. The molecule has 2 rings (SSSR count). The molecule has 1 heterocycles. The van der Waals surface area contributed by atoms with E-state index in [4.69, 9.17) is 9.47 Å². The predicted molar refractivity (Wildman–Crippen MR) is 99.7 cm³/mol. The summed E-state index contributed by atoms with van der Waals surface area (Å²) in [4.78, 5) is 22.2. The first-order valence-electron chi connectivity index (χ1n) is 8.30. The molecule has 1 N–H and O–H groups in total. The zero-order valence-corrected chi connectivity index (χ0v) is 15.5. The first-order chi connectivity index (χ1) is 11.9. The number of carbonyl (C=O) groups is 2. The van der Waals surface area contributed by atoms with Crippen molar-refractivity contribution in [2.24, 2.45) is 5.10 Å². The van der Waals surface area contributed by atoms with Crippen molar-refractivity contribution in [1.82, 2.24) is 5.43 Å². The van der Waals surface area contributed by atoms with Crippen molar-refractivity contribution in [2.45, 2.75) is 44.3 Å². The van der Waals surface area contributed by atoms with Gasteiger partial charge in [0.25, 0.3) is 0 Å². The minimum absolute atomic E-state index is 0.171. The number of thiol groups is 1. The Morgan fingerprint density at radius 2 is 2.28 bits per heavy atom. The van der Waals surface area contributed by atoms with E-state index in [9.17, 15) is 9.59 Å². The van der Waals surface area contributed by atoms with Crippen molar-refractivity contribution in [2.75, 3.05) is 13.2 Å². The highest BCUT2D eigenvalue weighted by atomic mass is 32.1. The molecule has 0 radical (unpaired) electrons. The van der Waals surface area contributed by atoms with Gasteiger partial charge in [0, 0.05) is 35.6 Å². The molecule has 0 aliphatic carbocycles. The van der Waals surface area contributed by atoms with Gasteiger partial charge in [0.1, 0.15) is 17.8 Å². The van der Waals surface area contributed by atoms with Crippen LogP contribution in [0.25, 0.3) is 0 Å². The minimum atomic E-state index is -0.381. The molecule has 136 valence electrons. The fraction of sp³-hybridized carbons (Fsp3) is 0.500. The van der Waals surface area contributed by atoms with Crippen LogP contribution in [0.2, 0.25) is 0 Å². The highest BCUT2D eigenvalue weighted by molar-refractivity contribution is 7.81. The van der Waals surface area contributed by atoms with Crippen molar-refractivity contribution < 1.29 is 19.1 Å². The largest absolute Gasteiger partial charge is 0.493 e. The molecule has 0 saturated heterocycles. The predicted octanol–water partition coefficient (Wildman–Crippen LogP) is 2.75. The molecule has 0 bridgehead atoms. The zero-order valence-electron chi connectivity index (χ0n) is 14.6. The SMILES string of the molecule is CC(C)(S)CC(=O)N/N=C1\CCOc2cc(OCCCC=O)ccc21. The molecule has 0 saturated carbocycles. The lowest BCUT2D eigenvalue weighted by Gasteiger charge is -2.20. The molecule has 0 fully saturated rings. The van der Waals surface area contributed by atoms with E-state index >= 15 is 0 Å². The number of unbranched alkanes of at least 4 members (excludes halogenated alkanes) is 1. The van der Waals surface area contributed by atoms with Crippen molar-refractivity contribution >= 4 is 30.5 Å². The highest BCUT2D eigenvalue weighted by Crippen LogP contribution is 2.29. The van der Waals surface area contributed by atoms with Gasteiger partial charge < -0.3 is 14.3 Å². The molecule has 1 aliphatic heterocycles. The molecule has 1 aliphatic rings. The molecule has 1 aromatic rings. The molecule has 7 heteroatoms. The van der Waals surface area contributed by atoms with E-state index < -0.39 is 0 Å². The Bertz CT molecular complexity index is 653. The van der Waals surface area contributed by atoms with E-state index in [-0.39, 0.29) is 17.1 Å². The Kier molecular flexibility index (Phi) is 6.87. The Morgan fingerprint density at radius 1 is 1.48 bits per heavy atom. The molecule has 25 heavy (non-hydrogen) atoms.